The van der Waals surface area contributed by atoms with E-state index in [1.165, 1.54) is 22.2 Å². The molecule has 0 unspecified atom stereocenters. The average molecular weight is 306 g/mol. The number of fused-ring (bicyclic) bond motifs is 5. The van der Waals surface area contributed by atoms with Gasteiger partial charge in [0.25, 0.3) is 0 Å². The molecule has 0 atom stereocenters. The molecule has 4 nitrogen and oxygen atoms in total. The van der Waals surface area contributed by atoms with Crippen LogP contribution < -0.4 is 18.8 Å². The molecule has 5 rings (SSSR count). The normalized spacial score (nSPS) is 14.5. The van der Waals surface area contributed by atoms with Gasteiger partial charge in [0.15, 0.2) is 24.2 Å². The minimum Gasteiger partial charge on any atom is -0.496 e. The summed E-state index contributed by atoms with van der Waals surface area (Å²) in [5, 5.41) is 2.32. The number of rotatable bonds is 1. The number of nitrogens with zero attached hydrogens (tertiary/aromatic N) is 1. The molecule has 3 aromatic rings. The van der Waals surface area contributed by atoms with Crippen molar-refractivity contribution in [3.8, 4) is 28.5 Å². The van der Waals surface area contributed by atoms with Gasteiger partial charge in [-0.1, -0.05) is 6.07 Å². The molecule has 2 aliphatic rings. The Morgan fingerprint density at radius 2 is 1.96 bits per heavy atom. The van der Waals surface area contributed by atoms with Crippen LogP contribution in [0.15, 0.2) is 42.6 Å². The molecule has 0 bridgehead atoms. The predicted molar refractivity (Wildman–Crippen MR) is 86.0 cm³/mol. The van der Waals surface area contributed by atoms with Gasteiger partial charge in [-0.25, -0.2) is 0 Å². The molecule has 0 saturated carbocycles. The Morgan fingerprint density at radius 1 is 1.09 bits per heavy atom. The van der Waals surface area contributed by atoms with E-state index in [0.29, 0.717) is 6.79 Å². The summed E-state index contributed by atoms with van der Waals surface area (Å²) in [7, 11) is 1.72. The van der Waals surface area contributed by atoms with Gasteiger partial charge in [0.05, 0.1) is 12.7 Å². The molecule has 0 amide bonds. The number of hydrogen-bond donors (Lipinski definition) is 0. The number of benzene rings is 2. The first-order valence-electron chi connectivity index (χ1n) is 7.76. The molecule has 114 valence electrons. The Balaban J connectivity index is 1.79. The van der Waals surface area contributed by atoms with Crippen molar-refractivity contribution in [3.63, 3.8) is 0 Å². The van der Waals surface area contributed by atoms with Gasteiger partial charge in [0.2, 0.25) is 12.5 Å². The SMILES string of the molecule is COc1cccc2c[n+]3c(cc12)-c1cc2c(cc1CC3)OCO2. The summed E-state index contributed by atoms with van der Waals surface area (Å²) in [4.78, 5) is 0. The van der Waals surface area contributed by atoms with Gasteiger partial charge in [0.1, 0.15) is 5.75 Å². The number of ether oxygens (including phenoxy) is 3. The Bertz CT molecular complexity index is 949. The van der Waals surface area contributed by atoms with E-state index in [1.807, 2.05) is 12.1 Å². The third kappa shape index (κ3) is 1.81. The maximum absolute atomic E-state index is 5.56. The molecule has 4 heteroatoms. The molecule has 0 saturated heterocycles. The Hall–Kier alpha value is -2.75. The Kier molecular flexibility index (Phi) is 2.56. The van der Waals surface area contributed by atoms with Crippen molar-refractivity contribution in [1.82, 2.24) is 0 Å². The van der Waals surface area contributed by atoms with Crippen molar-refractivity contribution in [2.45, 2.75) is 13.0 Å². The lowest BCUT2D eigenvalue weighted by Gasteiger charge is -2.16. The van der Waals surface area contributed by atoms with Gasteiger partial charge in [-0.3, -0.25) is 0 Å². The highest BCUT2D eigenvalue weighted by molar-refractivity contribution is 5.90. The number of pyridine rings is 1. The summed E-state index contributed by atoms with van der Waals surface area (Å²) in [6, 6.07) is 12.6. The predicted octanol–water partition coefficient (Wildman–Crippen LogP) is 3.09. The van der Waals surface area contributed by atoms with E-state index in [0.717, 1.165) is 35.6 Å². The van der Waals surface area contributed by atoms with Crippen LogP contribution >= 0.6 is 0 Å². The van der Waals surface area contributed by atoms with Crippen LogP contribution in [-0.2, 0) is 13.0 Å². The maximum Gasteiger partial charge on any atom is 0.231 e. The second-order valence-electron chi connectivity index (χ2n) is 5.93. The Morgan fingerprint density at radius 3 is 2.83 bits per heavy atom. The summed E-state index contributed by atoms with van der Waals surface area (Å²) in [6.45, 7) is 1.28. The molecule has 0 fully saturated rings. The fourth-order valence-corrected chi connectivity index (χ4v) is 3.55. The smallest absolute Gasteiger partial charge is 0.231 e. The highest BCUT2D eigenvalue weighted by Gasteiger charge is 2.27. The fraction of sp³-hybridized carbons (Fsp3) is 0.211. The number of methoxy groups -OCH3 is 1. The largest absolute Gasteiger partial charge is 0.496 e. The van der Waals surface area contributed by atoms with Crippen LogP contribution in [0.2, 0.25) is 0 Å². The molecule has 23 heavy (non-hydrogen) atoms. The highest BCUT2D eigenvalue weighted by atomic mass is 16.7. The molecule has 0 radical (unpaired) electrons. The van der Waals surface area contributed by atoms with Gasteiger partial charge in [0, 0.05) is 23.3 Å². The van der Waals surface area contributed by atoms with Crippen LogP contribution in [0.1, 0.15) is 5.56 Å². The number of hydrogen-bond acceptors (Lipinski definition) is 3. The number of aryl methyl sites for hydroxylation is 2. The van der Waals surface area contributed by atoms with Crippen LogP contribution in [0, 0.1) is 0 Å². The zero-order valence-corrected chi connectivity index (χ0v) is 12.8. The minimum absolute atomic E-state index is 0.309. The van der Waals surface area contributed by atoms with Crippen molar-refractivity contribution in [3.05, 3.63) is 48.2 Å². The van der Waals surface area contributed by atoms with E-state index in [1.54, 1.807) is 7.11 Å². The van der Waals surface area contributed by atoms with E-state index in [9.17, 15) is 0 Å². The third-order valence-corrected chi connectivity index (χ3v) is 4.70. The lowest BCUT2D eigenvalue weighted by atomic mass is 9.95. The van der Waals surface area contributed by atoms with Gasteiger partial charge in [-0.05, 0) is 29.8 Å². The summed E-state index contributed by atoms with van der Waals surface area (Å²) < 4.78 is 18.9. The topological polar surface area (TPSA) is 31.6 Å². The van der Waals surface area contributed by atoms with Crippen LogP contribution in [-0.4, -0.2) is 13.9 Å². The van der Waals surface area contributed by atoms with E-state index in [2.05, 4.69) is 35.0 Å². The molecule has 3 heterocycles. The second kappa shape index (κ2) is 4.62. The van der Waals surface area contributed by atoms with E-state index < -0.39 is 0 Å². The second-order valence-corrected chi connectivity index (χ2v) is 5.93. The first kappa shape index (κ1) is 12.8. The van der Waals surface area contributed by atoms with Gasteiger partial charge < -0.3 is 14.2 Å². The lowest BCUT2D eigenvalue weighted by molar-refractivity contribution is -0.686. The van der Waals surface area contributed by atoms with Crippen molar-refractivity contribution >= 4 is 10.8 Å². The zero-order valence-electron chi connectivity index (χ0n) is 12.8. The highest BCUT2D eigenvalue weighted by Crippen LogP contribution is 2.40. The summed E-state index contributed by atoms with van der Waals surface area (Å²) in [5.41, 5.74) is 3.72. The molecule has 0 spiro atoms. The molecule has 2 aliphatic heterocycles. The summed E-state index contributed by atoms with van der Waals surface area (Å²) in [6.07, 6.45) is 3.21. The quantitative estimate of drug-likeness (QED) is 0.648. The molecule has 0 N–H and O–H groups in total. The summed E-state index contributed by atoms with van der Waals surface area (Å²) >= 11 is 0. The van der Waals surface area contributed by atoms with Crippen LogP contribution in [0.5, 0.6) is 17.2 Å². The standard InChI is InChI=1S/C19H16NO3/c1-21-17-4-2-3-13-10-20-6-5-12-7-18-19(23-11-22-18)9-14(12)16(20)8-15(13)17/h2-4,7-10H,5-6,11H2,1H3/q+1. The first-order chi connectivity index (χ1) is 11.3. The van der Waals surface area contributed by atoms with E-state index in [-0.39, 0.29) is 0 Å². The minimum atomic E-state index is 0.309. The molecule has 2 aromatic carbocycles. The lowest BCUT2D eigenvalue weighted by Crippen LogP contribution is -2.39. The number of aromatic nitrogens is 1. The van der Waals surface area contributed by atoms with Crippen molar-refractivity contribution < 1.29 is 18.8 Å². The van der Waals surface area contributed by atoms with Gasteiger partial charge in [-0.2, -0.15) is 4.57 Å². The Labute approximate surface area is 133 Å². The summed E-state index contributed by atoms with van der Waals surface area (Å²) in [5.74, 6) is 2.59. The van der Waals surface area contributed by atoms with Crippen molar-refractivity contribution in [1.29, 1.82) is 0 Å². The fourth-order valence-electron chi connectivity index (χ4n) is 3.55. The van der Waals surface area contributed by atoms with Gasteiger partial charge >= 0.3 is 0 Å². The van der Waals surface area contributed by atoms with Crippen LogP contribution in [0.25, 0.3) is 22.0 Å². The van der Waals surface area contributed by atoms with Crippen molar-refractivity contribution in [2.24, 2.45) is 0 Å². The molecule has 0 aliphatic carbocycles. The molecular formula is C19H16NO3+. The molecular weight excluding hydrogens is 290 g/mol. The van der Waals surface area contributed by atoms with Crippen LogP contribution in [0.3, 0.4) is 0 Å². The average Bonchev–Trinajstić information content (AvgIpc) is 3.05. The monoisotopic (exact) mass is 306 g/mol. The third-order valence-electron chi connectivity index (χ3n) is 4.70. The molecule has 1 aromatic heterocycles. The van der Waals surface area contributed by atoms with Crippen LogP contribution in [0.4, 0.5) is 0 Å². The van der Waals surface area contributed by atoms with E-state index in [4.69, 9.17) is 14.2 Å². The van der Waals surface area contributed by atoms with Crippen molar-refractivity contribution in [2.75, 3.05) is 13.9 Å². The maximum atomic E-state index is 5.56. The first-order valence-corrected chi connectivity index (χ1v) is 7.76. The van der Waals surface area contributed by atoms with E-state index >= 15 is 0 Å². The van der Waals surface area contributed by atoms with Gasteiger partial charge in [-0.15, -0.1) is 0 Å². The zero-order chi connectivity index (χ0) is 15.4.